The van der Waals surface area contributed by atoms with Gasteiger partial charge >= 0.3 is 0 Å². The van der Waals surface area contributed by atoms with E-state index in [1.807, 2.05) is 6.92 Å². The fourth-order valence-electron chi connectivity index (χ4n) is 2.91. The van der Waals surface area contributed by atoms with Crippen LogP contribution in [-0.2, 0) is 14.8 Å². The number of carbonyl (C=O) groups excluding carboxylic acids is 1. The molecule has 29 heavy (non-hydrogen) atoms. The molecule has 0 saturated heterocycles. The molecule has 1 N–H and O–H groups in total. The van der Waals surface area contributed by atoms with Crippen LogP contribution in [0.5, 0.6) is 5.75 Å². The van der Waals surface area contributed by atoms with Crippen LogP contribution < -0.4 is 10.1 Å². The summed E-state index contributed by atoms with van der Waals surface area (Å²) in [5.41, 5.74) is 0.262. The topological polar surface area (TPSA) is 79.0 Å². The van der Waals surface area contributed by atoms with Gasteiger partial charge in [-0.3, -0.25) is 9.69 Å². The van der Waals surface area contributed by atoms with Crippen molar-refractivity contribution in [3.8, 4) is 5.75 Å². The average molecular weight is 436 g/mol. The lowest BCUT2D eigenvalue weighted by molar-refractivity contribution is -0.117. The Morgan fingerprint density at radius 2 is 1.83 bits per heavy atom. The molecular formula is C19H31F2N3O4S. The van der Waals surface area contributed by atoms with E-state index in [1.54, 1.807) is 20.8 Å². The number of sulfonamides is 1. The van der Waals surface area contributed by atoms with Gasteiger partial charge < -0.3 is 10.1 Å². The van der Waals surface area contributed by atoms with E-state index < -0.39 is 28.9 Å². The third-order valence-electron chi connectivity index (χ3n) is 4.15. The number of hydrogen-bond acceptors (Lipinski definition) is 5. The maximum Gasteiger partial charge on any atom is 0.251 e. The molecule has 0 fully saturated rings. The summed E-state index contributed by atoms with van der Waals surface area (Å²) in [5.74, 6) is -0.294. The zero-order valence-corrected chi connectivity index (χ0v) is 18.3. The molecule has 0 atom stereocenters. The van der Waals surface area contributed by atoms with Gasteiger partial charge in [0.15, 0.2) is 0 Å². The quantitative estimate of drug-likeness (QED) is 0.515. The third kappa shape index (κ3) is 7.52. The van der Waals surface area contributed by atoms with E-state index in [2.05, 4.69) is 5.32 Å². The zero-order valence-electron chi connectivity index (χ0n) is 17.5. The molecule has 0 aliphatic heterocycles. The first-order valence-corrected chi connectivity index (χ1v) is 11.2. The largest absolute Gasteiger partial charge is 0.492 e. The summed E-state index contributed by atoms with van der Waals surface area (Å²) in [4.78, 5) is 13.6. The monoisotopic (exact) mass is 435 g/mol. The number of hydrogen-bond donors (Lipinski definition) is 1. The minimum Gasteiger partial charge on any atom is -0.492 e. The van der Waals surface area contributed by atoms with Gasteiger partial charge in [0.1, 0.15) is 10.6 Å². The highest BCUT2D eigenvalue weighted by atomic mass is 32.2. The average Bonchev–Trinajstić information content (AvgIpc) is 2.63. The van der Waals surface area contributed by atoms with Gasteiger partial charge in [0.05, 0.1) is 19.7 Å². The molecule has 166 valence electrons. The van der Waals surface area contributed by atoms with Crippen molar-refractivity contribution in [1.82, 2.24) is 9.21 Å². The Hall–Kier alpha value is -1.78. The second-order valence-corrected chi connectivity index (χ2v) is 8.26. The number of alkyl halides is 2. The summed E-state index contributed by atoms with van der Waals surface area (Å²) in [6.07, 6.45) is -1.90. The molecule has 0 aliphatic carbocycles. The number of halogens is 2. The Balaban J connectivity index is 3.10. The number of benzene rings is 1. The molecule has 1 amide bonds. The van der Waals surface area contributed by atoms with E-state index in [0.29, 0.717) is 26.1 Å². The van der Waals surface area contributed by atoms with Gasteiger partial charge in [-0.05, 0) is 38.1 Å². The Labute approximate surface area is 172 Å². The van der Waals surface area contributed by atoms with Crippen LogP contribution in [0.1, 0.15) is 34.1 Å². The number of amides is 1. The number of nitrogens with one attached hydrogen (secondary N) is 1. The van der Waals surface area contributed by atoms with Gasteiger partial charge in [0, 0.05) is 18.8 Å². The normalized spacial score (nSPS) is 12.0. The lowest BCUT2D eigenvalue weighted by atomic mass is 10.3. The zero-order chi connectivity index (χ0) is 22.0. The lowest BCUT2D eigenvalue weighted by Gasteiger charge is -2.22. The summed E-state index contributed by atoms with van der Waals surface area (Å²) < 4.78 is 58.0. The molecule has 1 rings (SSSR count). The number of anilines is 1. The first-order chi connectivity index (χ1) is 13.7. The summed E-state index contributed by atoms with van der Waals surface area (Å²) in [7, 11) is -3.81. The standard InChI is InChI=1S/C19H31F2N3O4S/c1-5-11-23(13-18(20)21)14-19(25)22-15-9-10-16(28-8-4)17(12-15)29(26,27)24(6-2)7-3/h9-10,12,18H,5-8,11,13-14H2,1-4H3,(H,22,25). The summed E-state index contributed by atoms with van der Waals surface area (Å²) >= 11 is 0. The van der Waals surface area contributed by atoms with Crippen molar-refractivity contribution in [3.63, 3.8) is 0 Å². The Bertz CT molecular complexity index is 756. The molecule has 0 heterocycles. The molecule has 1 aromatic carbocycles. The van der Waals surface area contributed by atoms with E-state index in [4.69, 9.17) is 4.74 Å². The molecule has 7 nitrogen and oxygen atoms in total. The highest BCUT2D eigenvalue weighted by Crippen LogP contribution is 2.30. The molecule has 0 spiro atoms. The summed E-state index contributed by atoms with van der Waals surface area (Å²) in [6, 6.07) is 4.35. The van der Waals surface area contributed by atoms with Crippen LogP contribution in [-0.4, -0.2) is 69.3 Å². The van der Waals surface area contributed by atoms with Crippen molar-refractivity contribution in [3.05, 3.63) is 18.2 Å². The molecule has 10 heteroatoms. The van der Waals surface area contributed by atoms with Crippen LogP contribution in [0.4, 0.5) is 14.5 Å². The van der Waals surface area contributed by atoms with Crippen LogP contribution in [0.15, 0.2) is 23.1 Å². The molecule has 0 unspecified atom stereocenters. The van der Waals surface area contributed by atoms with Crippen molar-refractivity contribution < 1.29 is 26.7 Å². The number of carbonyl (C=O) groups is 1. The van der Waals surface area contributed by atoms with E-state index in [9.17, 15) is 22.0 Å². The van der Waals surface area contributed by atoms with Gasteiger partial charge in [-0.15, -0.1) is 0 Å². The molecule has 0 aromatic heterocycles. The van der Waals surface area contributed by atoms with Crippen molar-refractivity contribution in [2.45, 2.75) is 45.4 Å². The molecule has 1 aromatic rings. The van der Waals surface area contributed by atoms with Crippen LogP contribution >= 0.6 is 0 Å². The highest BCUT2D eigenvalue weighted by molar-refractivity contribution is 7.89. The minimum atomic E-state index is -3.81. The second-order valence-electron chi connectivity index (χ2n) is 6.36. The van der Waals surface area contributed by atoms with Crippen molar-refractivity contribution >= 4 is 21.6 Å². The summed E-state index contributed by atoms with van der Waals surface area (Å²) in [6.45, 7) is 7.59. The fraction of sp³-hybridized carbons (Fsp3) is 0.632. The molecule has 0 saturated carbocycles. The Morgan fingerprint density at radius 3 is 2.34 bits per heavy atom. The number of rotatable bonds is 13. The maximum atomic E-state index is 13.0. The Morgan fingerprint density at radius 1 is 1.17 bits per heavy atom. The van der Waals surface area contributed by atoms with E-state index >= 15 is 0 Å². The predicted octanol–water partition coefficient (Wildman–Crippen LogP) is 3.03. The fourth-order valence-corrected chi connectivity index (χ4v) is 4.53. The number of nitrogens with zero attached hydrogens (tertiary/aromatic N) is 2. The first kappa shape index (κ1) is 25.3. The van der Waals surface area contributed by atoms with Crippen LogP contribution in [0.3, 0.4) is 0 Å². The van der Waals surface area contributed by atoms with Gasteiger partial charge in [-0.25, -0.2) is 17.2 Å². The van der Waals surface area contributed by atoms with E-state index in [1.165, 1.54) is 27.4 Å². The predicted molar refractivity (Wildman–Crippen MR) is 109 cm³/mol. The number of ether oxygens (including phenoxy) is 1. The van der Waals surface area contributed by atoms with Crippen molar-refractivity contribution in [2.24, 2.45) is 0 Å². The van der Waals surface area contributed by atoms with Gasteiger partial charge in [0.2, 0.25) is 15.9 Å². The summed E-state index contributed by atoms with van der Waals surface area (Å²) in [5, 5.41) is 2.60. The molecular weight excluding hydrogens is 404 g/mol. The van der Waals surface area contributed by atoms with Gasteiger partial charge in [-0.2, -0.15) is 4.31 Å². The first-order valence-electron chi connectivity index (χ1n) is 9.76. The van der Waals surface area contributed by atoms with Crippen molar-refractivity contribution in [1.29, 1.82) is 0 Å². The Kier molecular flexibility index (Phi) is 10.5. The molecule has 0 bridgehead atoms. The van der Waals surface area contributed by atoms with Crippen LogP contribution in [0, 0.1) is 0 Å². The van der Waals surface area contributed by atoms with Gasteiger partial charge in [-0.1, -0.05) is 20.8 Å². The highest BCUT2D eigenvalue weighted by Gasteiger charge is 2.26. The smallest absolute Gasteiger partial charge is 0.251 e. The van der Waals surface area contributed by atoms with E-state index in [-0.39, 0.29) is 29.5 Å². The molecule has 0 aliphatic rings. The lowest BCUT2D eigenvalue weighted by Crippen LogP contribution is -2.37. The van der Waals surface area contributed by atoms with Crippen LogP contribution in [0.25, 0.3) is 0 Å². The maximum absolute atomic E-state index is 13.0. The third-order valence-corrected chi connectivity index (χ3v) is 6.22. The van der Waals surface area contributed by atoms with Crippen LogP contribution in [0.2, 0.25) is 0 Å². The minimum absolute atomic E-state index is 0.0427. The van der Waals surface area contributed by atoms with E-state index in [0.717, 1.165) is 0 Å². The van der Waals surface area contributed by atoms with Gasteiger partial charge in [0.25, 0.3) is 6.43 Å². The molecule has 0 radical (unpaired) electrons. The second kappa shape index (κ2) is 12.0. The van der Waals surface area contributed by atoms with Crippen molar-refractivity contribution in [2.75, 3.05) is 44.6 Å². The SMILES string of the molecule is CCCN(CC(=O)Nc1ccc(OCC)c(S(=O)(=O)N(CC)CC)c1)CC(F)F.